The summed E-state index contributed by atoms with van der Waals surface area (Å²) in [5.74, 6) is 0.600. The van der Waals surface area contributed by atoms with Gasteiger partial charge in [0.2, 0.25) is 0 Å². The monoisotopic (exact) mass is 225 g/mol. The van der Waals surface area contributed by atoms with E-state index in [9.17, 15) is 0 Å². The van der Waals surface area contributed by atoms with Gasteiger partial charge in [-0.05, 0) is 25.2 Å². The van der Waals surface area contributed by atoms with Gasteiger partial charge >= 0.3 is 0 Å². The lowest BCUT2D eigenvalue weighted by Gasteiger charge is -2.21. The van der Waals surface area contributed by atoms with Crippen molar-refractivity contribution in [2.24, 2.45) is 0 Å². The molecule has 1 aliphatic heterocycles. The quantitative estimate of drug-likeness (QED) is 0.786. The van der Waals surface area contributed by atoms with Crippen LogP contribution < -0.4 is 0 Å². The van der Waals surface area contributed by atoms with Gasteiger partial charge in [-0.1, -0.05) is 13.8 Å². The van der Waals surface area contributed by atoms with Crippen LogP contribution in [0, 0.1) is 0 Å². The van der Waals surface area contributed by atoms with Gasteiger partial charge in [0.25, 0.3) is 0 Å². The van der Waals surface area contributed by atoms with Crippen LogP contribution in [-0.4, -0.2) is 17.7 Å². The Labute approximate surface area is 95.7 Å². The molecule has 0 aliphatic carbocycles. The summed E-state index contributed by atoms with van der Waals surface area (Å²) in [7, 11) is 0. The average Bonchev–Trinajstić information content (AvgIpc) is 2.68. The Hall–Kier alpha value is -0.410. The molecule has 2 heterocycles. The summed E-state index contributed by atoms with van der Waals surface area (Å²) in [5.41, 5.74) is 0. The molecular formula is C12H19NOS. The molecular weight excluding hydrogens is 206 g/mol. The highest BCUT2D eigenvalue weighted by Gasteiger charge is 2.16. The number of ether oxygens (including phenoxy) is 1. The van der Waals surface area contributed by atoms with Crippen LogP contribution in [0.25, 0.3) is 0 Å². The zero-order chi connectivity index (χ0) is 10.7. The second-order valence-corrected chi connectivity index (χ2v) is 5.65. The minimum absolute atomic E-state index is 0.421. The van der Waals surface area contributed by atoms with E-state index in [0.29, 0.717) is 12.0 Å². The highest BCUT2D eigenvalue weighted by Crippen LogP contribution is 2.24. The molecule has 2 nitrogen and oxygen atoms in total. The van der Waals surface area contributed by atoms with Crippen LogP contribution in [-0.2, 0) is 11.2 Å². The Bertz CT molecular complexity index is 302. The molecule has 1 fully saturated rings. The molecule has 0 aromatic carbocycles. The minimum atomic E-state index is 0.421. The predicted molar refractivity (Wildman–Crippen MR) is 63.5 cm³/mol. The summed E-state index contributed by atoms with van der Waals surface area (Å²) >= 11 is 1.84. The van der Waals surface area contributed by atoms with E-state index in [1.165, 1.54) is 29.1 Å². The fraction of sp³-hybridized carbons (Fsp3) is 0.750. The Kier molecular flexibility index (Phi) is 3.76. The summed E-state index contributed by atoms with van der Waals surface area (Å²) in [6.45, 7) is 5.37. The van der Waals surface area contributed by atoms with E-state index in [1.54, 1.807) is 0 Å². The molecule has 15 heavy (non-hydrogen) atoms. The number of rotatable bonds is 3. The van der Waals surface area contributed by atoms with E-state index in [1.807, 2.05) is 17.5 Å². The molecule has 3 heteroatoms. The summed E-state index contributed by atoms with van der Waals surface area (Å²) in [6.07, 6.45) is 7.20. The van der Waals surface area contributed by atoms with Crippen LogP contribution in [0.15, 0.2) is 6.20 Å². The molecule has 0 saturated carbocycles. The lowest BCUT2D eigenvalue weighted by Crippen LogP contribution is -2.21. The van der Waals surface area contributed by atoms with Crippen LogP contribution in [0.2, 0.25) is 0 Å². The van der Waals surface area contributed by atoms with Crippen molar-refractivity contribution in [2.75, 3.05) is 6.61 Å². The van der Waals surface area contributed by atoms with Gasteiger partial charge in [-0.25, -0.2) is 4.98 Å². The van der Waals surface area contributed by atoms with Gasteiger partial charge in [0.1, 0.15) is 0 Å². The number of nitrogens with zero attached hydrogens (tertiary/aromatic N) is 1. The Morgan fingerprint density at radius 1 is 1.53 bits per heavy atom. The molecule has 1 aliphatic rings. The topological polar surface area (TPSA) is 22.1 Å². The second-order valence-electron chi connectivity index (χ2n) is 4.50. The third kappa shape index (κ3) is 3.02. The number of aromatic nitrogens is 1. The largest absolute Gasteiger partial charge is 0.378 e. The van der Waals surface area contributed by atoms with Crippen molar-refractivity contribution in [1.29, 1.82) is 0 Å². The normalized spacial score (nSPS) is 22.2. The first kappa shape index (κ1) is 11.1. The molecule has 84 valence electrons. The van der Waals surface area contributed by atoms with Crippen molar-refractivity contribution in [1.82, 2.24) is 4.98 Å². The van der Waals surface area contributed by atoms with Crippen LogP contribution in [0.5, 0.6) is 0 Å². The number of hydrogen-bond donors (Lipinski definition) is 0. The molecule has 1 aromatic rings. The van der Waals surface area contributed by atoms with Gasteiger partial charge < -0.3 is 4.74 Å². The van der Waals surface area contributed by atoms with Gasteiger partial charge in [0.05, 0.1) is 11.1 Å². The smallest absolute Gasteiger partial charge is 0.0953 e. The Balaban J connectivity index is 1.91. The molecule has 1 unspecified atom stereocenters. The van der Waals surface area contributed by atoms with Crippen molar-refractivity contribution < 1.29 is 4.74 Å². The van der Waals surface area contributed by atoms with Crippen LogP contribution >= 0.6 is 11.3 Å². The number of hydrogen-bond acceptors (Lipinski definition) is 3. The Morgan fingerprint density at radius 3 is 3.00 bits per heavy atom. The summed E-state index contributed by atoms with van der Waals surface area (Å²) in [4.78, 5) is 5.86. The van der Waals surface area contributed by atoms with Gasteiger partial charge in [-0.3, -0.25) is 0 Å². The van der Waals surface area contributed by atoms with E-state index < -0.39 is 0 Å². The van der Waals surface area contributed by atoms with Crippen molar-refractivity contribution in [3.8, 4) is 0 Å². The highest BCUT2D eigenvalue weighted by atomic mass is 32.1. The van der Waals surface area contributed by atoms with Crippen molar-refractivity contribution >= 4 is 11.3 Å². The third-order valence-electron chi connectivity index (χ3n) is 2.82. The van der Waals surface area contributed by atoms with Gasteiger partial charge in [-0.15, -0.1) is 11.3 Å². The Morgan fingerprint density at radius 2 is 2.40 bits per heavy atom. The zero-order valence-electron chi connectivity index (χ0n) is 9.53. The molecule has 2 rings (SSSR count). The fourth-order valence-electron chi connectivity index (χ4n) is 1.85. The lowest BCUT2D eigenvalue weighted by molar-refractivity contribution is 0.0168. The van der Waals surface area contributed by atoms with Crippen molar-refractivity contribution in [2.45, 2.75) is 51.6 Å². The van der Waals surface area contributed by atoms with Crippen molar-refractivity contribution in [3.63, 3.8) is 0 Å². The first-order valence-corrected chi connectivity index (χ1v) is 6.63. The van der Waals surface area contributed by atoms with Gasteiger partial charge in [0, 0.05) is 24.1 Å². The van der Waals surface area contributed by atoms with E-state index in [0.717, 1.165) is 13.0 Å². The van der Waals surface area contributed by atoms with Gasteiger partial charge in [-0.2, -0.15) is 0 Å². The minimum Gasteiger partial charge on any atom is -0.378 e. The SMILES string of the molecule is CC(C)c1cnc(CC2CCCCO2)s1. The summed E-state index contributed by atoms with van der Waals surface area (Å²) < 4.78 is 5.72. The first-order chi connectivity index (χ1) is 7.25. The predicted octanol–water partition coefficient (Wildman–Crippen LogP) is 3.38. The van der Waals surface area contributed by atoms with Crippen LogP contribution in [0.4, 0.5) is 0 Å². The van der Waals surface area contributed by atoms with E-state index >= 15 is 0 Å². The standard InChI is InChI=1S/C12H19NOS/c1-9(2)11-8-13-12(15-11)7-10-5-3-4-6-14-10/h8-10H,3-7H2,1-2H3. The van der Waals surface area contributed by atoms with E-state index in [-0.39, 0.29) is 0 Å². The molecule has 0 bridgehead atoms. The van der Waals surface area contributed by atoms with Crippen LogP contribution in [0.1, 0.15) is 48.9 Å². The fourth-order valence-corrected chi connectivity index (χ4v) is 2.84. The second kappa shape index (κ2) is 5.08. The van der Waals surface area contributed by atoms with E-state index in [2.05, 4.69) is 18.8 Å². The number of thiazole rings is 1. The third-order valence-corrected chi connectivity index (χ3v) is 4.14. The van der Waals surface area contributed by atoms with Gasteiger partial charge in [0.15, 0.2) is 0 Å². The molecule has 0 N–H and O–H groups in total. The molecule has 0 radical (unpaired) electrons. The maximum atomic E-state index is 5.72. The lowest BCUT2D eigenvalue weighted by atomic mass is 10.1. The highest BCUT2D eigenvalue weighted by molar-refractivity contribution is 7.11. The van der Waals surface area contributed by atoms with Crippen molar-refractivity contribution in [3.05, 3.63) is 16.1 Å². The zero-order valence-corrected chi connectivity index (χ0v) is 10.3. The molecule has 1 aromatic heterocycles. The molecule has 1 saturated heterocycles. The van der Waals surface area contributed by atoms with Crippen LogP contribution in [0.3, 0.4) is 0 Å². The maximum absolute atomic E-state index is 5.72. The molecule has 1 atom stereocenters. The van der Waals surface area contributed by atoms with E-state index in [4.69, 9.17) is 4.74 Å². The first-order valence-electron chi connectivity index (χ1n) is 5.82. The summed E-state index contributed by atoms with van der Waals surface area (Å²) in [6, 6.07) is 0. The average molecular weight is 225 g/mol. The molecule has 0 amide bonds. The molecule has 0 spiro atoms. The maximum Gasteiger partial charge on any atom is 0.0953 e. The summed E-state index contributed by atoms with van der Waals surface area (Å²) in [5, 5.41) is 1.24.